The van der Waals surface area contributed by atoms with Crippen molar-refractivity contribution in [2.24, 2.45) is 7.05 Å². The van der Waals surface area contributed by atoms with E-state index in [4.69, 9.17) is 10.00 Å². The highest BCUT2D eigenvalue weighted by Gasteiger charge is 2.13. The lowest BCUT2D eigenvalue weighted by molar-refractivity contribution is 0.416. The second kappa shape index (κ2) is 4.07. The van der Waals surface area contributed by atoms with Crippen molar-refractivity contribution in [2.75, 3.05) is 7.11 Å². The second-order valence-corrected chi connectivity index (χ2v) is 3.36. The second-order valence-electron chi connectivity index (χ2n) is 3.36. The fourth-order valence-corrected chi connectivity index (χ4v) is 1.60. The predicted octanol–water partition coefficient (Wildman–Crippen LogP) is 1.97. The van der Waals surface area contributed by atoms with Gasteiger partial charge in [-0.1, -0.05) is 12.1 Å². The zero-order chi connectivity index (χ0) is 11.5. The Labute approximate surface area is 93.7 Å². The summed E-state index contributed by atoms with van der Waals surface area (Å²) in [6, 6.07) is 9.66. The third kappa shape index (κ3) is 1.52. The zero-order valence-corrected chi connectivity index (χ0v) is 9.14. The van der Waals surface area contributed by atoms with E-state index in [1.165, 1.54) is 0 Å². The molecule has 0 saturated heterocycles. The van der Waals surface area contributed by atoms with Gasteiger partial charge in [-0.2, -0.15) is 5.26 Å². The monoisotopic (exact) mass is 213 g/mol. The molecule has 1 aromatic heterocycles. The van der Waals surface area contributed by atoms with E-state index in [9.17, 15) is 0 Å². The topological polar surface area (TPSA) is 50.8 Å². The molecule has 16 heavy (non-hydrogen) atoms. The molecule has 0 aliphatic carbocycles. The standard InChI is InChI=1S/C12H11N3O/c1-15-8-14-12(10(15)7-13)9-5-3-4-6-11(9)16-2/h3-6,8H,1-2H3. The average molecular weight is 213 g/mol. The van der Waals surface area contributed by atoms with Crippen LogP contribution in [0.5, 0.6) is 5.75 Å². The van der Waals surface area contributed by atoms with Crippen molar-refractivity contribution in [1.82, 2.24) is 9.55 Å². The van der Waals surface area contributed by atoms with Crippen molar-refractivity contribution in [3.05, 3.63) is 36.3 Å². The van der Waals surface area contributed by atoms with Gasteiger partial charge in [-0.3, -0.25) is 0 Å². The molecule has 0 unspecified atom stereocenters. The van der Waals surface area contributed by atoms with Crippen LogP contribution in [0.4, 0.5) is 0 Å². The maximum atomic E-state index is 9.06. The Morgan fingerprint density at radius 1 is 1.38 bits per heavy atom. The normalized spacial score (nSPS) is 9.81. The Hall–Kier alpha value is -2.28. The molecule has 4 heteroatoms. The Kier molecular flexibility index (Phi) is 2.61. The Morgan fingerprint density at radius 2 is 2.12 bits per heavy atom. The summed E-state index contributed by atoms with van der Waals surface area (Å²) in [7, 11) is 3.40. The number of para-hydroxylation sites is 1. The first-order chi connectivity index (χ1) is 7.77. The molecular weight excluding hydrogens is 202 g/mol. The summed E-state index contributed by atoms with van der Waals surface area (Å²) in [6.45, 7) is 0. The molecule has 0 spiro atoms. The van der Waals surface area contributed by atoms with E-state index in [1.807, 2.05) is 24.3 Å². The molecule has 0 fully saturated rings. The number of ether oxygens (including phenoxy) is 1. The molecule has 0 amide bonds. The summed E-state index contributed by atoms with van der Waals surface area (Å²) >= 11 is 0. The zero-order valence-electron chi connectivity index (χ0n) is 9.14. The number of imidazole rings is 1. The van der Waals surface area contributed by atoms with Crippen LogP contribution in [0.15, 0.2) is 30.6 Å². The number of nitriles is 1. The van der Waals surface area contributed by atoms with E-state index in [0.29, 0.717) is 11.4 Å². The smallest absolute Gasteiger partial charge is 0.147 e. The molecule has 1 aromatic carbocycles. The summed E-state index contributed by atoms with van der Waals surface area (Å²) in [5, 5.41) is 9.06. The fraction of sp³-hybridized carbons (Fsp3) is 0.167. The first kappa shape index (κ1) is 10.2. The Bertz CT molecular complexity index is 552. The number of methoxy groups -OCH3 is 1. The van der Waals surface area contributed by atoms with Gasteiger partial charge in [0.2, 0.25) is 0 Å². The number of hydrogen-bond donors (Lipinski definition) is 0. The lowest BCUT2D eigenvalue weighted by Gasteiger charge is -2.05. The molecule has 0 radical (unpaired) electrons. The van der Waals surface area contributed by atoms with Crippen molar-refractivity contribution >= 4 is 0 Å². The third-order valence-corrected chi connectivity index (χ3v) is 2.41. The van der Waals surface area contributed by atoms with Crippen molar-refractivity contribution in [3.63, 3.8) is 0 Å². The van der Waals surface area contributed by atoms with Gasteiger partial charge in [0.1, 0.15) is 23.2 Å². The number of aromatic nitrogens is 2. The minimum atomic E-state index is 0.532. The molecule has 0 saturated carbocycles. The molecule has 0 aliphatic heterocycles. The first-order valence-corrected chi connectivity index (χ1v) is 4.82. The van der Waals surface area contributed by atoms with Gasteiger partial charge in [0.15, 0.2) is 0 Å². The summed E-state index contributed by atoms with van der Waals surface area (Å²) in [5.74, 6) is 0.720. The van der Waals surface area contributed by atoms with E-state index in [1.54, 1.807) is 25.1 Å². The van der Waals surface area contributed by atoms with Crippen LogP contribution in [-0.4, -0.2) is 16.7 Å². The number of nitrogens with zero attached hydrogens (tertiary/aromatic N) is 3. The van der Waals surface area contributed by atoms with E-state index < -0.39 is 0 Å². The van der Waals surface area contributed by atoms with Crippen LogP contribution in [0, 0.1) is 11.3 Å². The first-order valence-electron chi connectivity index (χ1n) is 4.82. The molecule has 0 atom stereocenters. The van der Waals surface area contributed by atoms with Gasteiger partial charge in [0.05, 0.1) is 13.4 Å². The molecule has 0 aliphatic rings. The third-order valence-electron chi connectivity index (χ3n) is 2.41. The number of rotatable bonds is 2. The maximum Gasteiger partial charge on any atom is 0.147 e. The van der Waals surface area contributed by atoms with E-state index >= 15 is 0 Å². The van der Waals surface area contributed by atoms with Gasteiger partial charge in [-0.25, -0.2) is 4.98 Å². The fourth-order valence-electron chi connectivity index (χ4n) is 1.60. The van der Waals surface area contributed by atoms with Crippen LogP contribution >= 0.6 is 0 Å². The van der Waals surface area contributed by atoms with E-state index in [0.717, 1.165) is 11.3 Å². The van der Waals surface area contributed by atoms with Crippen molar-refractivity contribution < 1.29 is 4.74 Å². The molecule has 1 heterocycles. The summed E-state index contributed by atoms with van der Waals surface area (Å²) in [4.78, 5) is 4.23. The predicted molar refractivity (Wildman–Crippen MR) is 59.9 cm³/mol. The lowest BCUT2D eigenvalue weighted by atomic mass is 10.1. The largest absolute Gasteiger partial charge is 0.496 e. The summed E-state index contributed by atoms with van der Waals surface area (Å²) in [5.41, 5.74) is 2.02. The van der Waals surface area contributed by atoms with Crippen molar-refractivity contribution in [3.8, 4) is 23.1 Å². The van der Waals surface area contributed by atoms with Crippen molar-refractivity contribution in [2.45, 2.75) is 0 Å². The van der Waals surface area contributed by atoms with Gasteiger partial charge >= 0.3 is 0 Å². The van der Waals surface area contributed by atoms with Gasteiger partial charge in [-0.05, 0) is 12.1 Å². The van der Waals surface area contributed by atoms with E-state index in [-0.39, 0.29) is 0 Å². The molecular formula is C12H11N3O. The van der Waals surface area contributed by atoms with Crippen LogP contribution in [-0.2, 0) is 7.05 Å². The maximum absolute atomic E-state index is 9.06. The van der Waals surface area contributed by atoms with Gasteiger partial charge in [0, 0.05) is 12.6 Å². The minimum Gasteiger partial charge on any atom is -0.496 e. The van der Waals surface area contributed by atoms with Gasteiger partial charge in [0.25, 0.3) is 0 Å². The molecule has 2 rings (SSSR count). The SMILES string of the molecule is COc1ccccc1-c1ncn(C)c1C#N. The lowest BCUT2D eigenvalue weighted by Crippen LogP contribution is -1.92. The Balaban J connectivity index is 2.64. The van der Waals surface area contributed by atoms with E-state index in [2.05, 4.69) is 11.1 Å². The quantitative estimate of drug-likeness (QED) is 0.766. The minimum absolute atomic E-state index is 0.532. The van der Waals surface area contributed by atoms with Crippen LogP contribution in [0.3, 0.4) is 0 Å². The molecule has 4 nitrogen and oxygen atoms in total. The molecule has 0 N–H and O–H groups in total. The van der Waals surface area contributed by atoms with Crippen molar-refractivity contribution in [1.29, 1.82) is 5.26 Å². The molecule has 80 valence electrons. The van der Waals surface area contributed by atoms with Crippen LogP contribution in [0.2, 0.25) is 0 Å². The van der Waals surface area contributed by atoms with Gasteiger partial charge in [-0.15, -0.1) is 0 Å². The molecule has 2 aromatic rings. The molecule has 0 bridgehead atoms. The summed E-state index contributed by atoms with van der Waals surface area (Å²) in [6.07, 6.45) is 1.63. The van der Waals surface area contributed by atoms with Crippen LogP contribution in [0.1, 0.15) is 5.69 Å². The number of benzene rings is 1. The summed E-state index contributed by atoms with van der Waals surface area (Å²) < 4.78 is 6.95. The highest BCUT2D eigenvalue weighted by Crippen LogP contribution is 2.30. The Morgan fingerprint density at radius 3 is 2.81 bits per heavy atom. The number of aryl methyl sites for hydroxylation is 1. The van der Waals surface area contributed by atoms with Crippen LogP contribution < -0.4 is 4.74 Å². The van der Waals surface area contributed by atoms with Gasteiger partial charge < -0.3 is 9.30 Å². The highest BCUT2D eigenvalue weighted by molar-refractivity contribution is 5.71. The average Bonchev–Trinajstić information content (AvgIpc) is 2.70. The van der Waals surface area contributed by atoms with Crippen LogP contribution in [0.25, 0.3) is 11.3 Å². The number of hydrogen-bond acceptors (Lipinski definition) is 3. The highest BCUT2D eigenvalue weighted by atomic mass is 16.5.